The maximum absolute atomic E-state index is 13.9. The molecule has 0 bridgehead atoms. The van der Waals surface area contributed by atoms with E-state index in [1.807, 2.05) is 78.9 Å². The molecule has 0 aliphatic heterocycles. The van der Waals surface area contributed by atoms with Gasteiger partial charge in [-0.15, -0.1) is 0 Å². The van der Waals surface area contributed by atoms with Crippen molar-refractivity contribution >= 4 is 40.6 Å². The van der Waals surface area contributed by atoms with Gasteiger partial charge in [-0.25, -0.2) is 9.97 Å². The largest absolute Gasteiger partial charge is 0.497 e. The first-order valence-electron chi connectivity index (χ1n) is 18.2. The number of esters is 1. The third-order valence-electron chi connectivity index (χ3n) is 9.17. The van der Waals surface area contributed by atoms with Crippen LogP contribution in [0.5, 0.6) is 11.5 Å². The van der Waals surface area contributed by atoms with E-state index in [9.17, 15) is 19.2 Å². The smallest absolute Gasteiger partial charge is 0.306 e. The lowest BCUT2D eigenvalue weighted by Gasteiger charge is -2.37. The van der Waals surface area contributed by atoms with Crippen molar-refractivity contribution in [1.29, 1.82) is 0 Å². The molecule has 13 nitrogen and oxygen atoms in total. The third kappa shape index (κ3) is 10.2. The molecule has 0 unspecified atom stereocenters. The summed E-state index contributed by atoms with van der Waals surface area (Å²) in [7, 11) is 3.20. The van der Waals surface area contributed by atoms with Crippen LogP contribution >= 0.6 is 0 Å². The van der Waals surface area contributed by atoms with Crippen molar-refractivity contribution in [1.82, 2.24) is 19.5 Å². The molecule has 1 N–H and O–H groups in total. The fourth-order valence-corrected chi connectivity index (χ4v) is 6.05. The lowest BCUT2D eigenvalue weighted by atomic mass is 9.79. The lowest BCUT2D eigenvalue weighted by Crippen LogP contribution is -2.36. The van der Waals surface area contributed by atoms with Crippen molar-refractivity contribution in [2.45, 2.75) is 58.6 Å². The van der Waals surface area contributed by atoms with Gasteiger partial charge >= 0.3 is 5.97 Å². The monoisotopic (exact) mass is 749 g/mol. The first kappa shape index (κ1) is 40.2. The topological polar surface area (TPSA) is 161 Å². The summed E-state index contributed by atoms with van der Waals surface area (Å²) in [5.41, 5.74) is 2.09. The van der Waals surface area contributed by atoms with E-state index in [1.165, 1.54) is 12.5 Å². The molecule has 1 amide bonds. The quantitative estimate of drug-likeness (QED) is 0.0700. The number of nitrogens with one attached hydrogen (secondary N) is 1. The van der Waals surface area contributed by atoms with Gasteiger partial charge in [0.25, 0.3) is 0 Å². The highest BCUT2D eigenvalue weighted by molar-refractivity contribution is 5.91. The summed E-state index contributed by atoms with van der Waals surface area (Å²) >= 11 is 0. The highest BCUT2D eigenvalue weighted by Gasteiger charge is 2.39. The maximum atomic E-state index is 13.9. The van der Waals surface area contributed by atoms with Gasteiger partial charge < -0.3 is 23.5 Å². The van der Waals surface area contributed by atoms with Gasteiger partial charge in [-0.2, -0.15) is 4.98 Å². The first-order valence-corrected chi connectivity index (χ1v) is 18.2. The number of anilines is 1. The van der Waals surface area contributed by atoms with Gasteiger partial charge in [-0.1, -0.05) is 75.4 Å². The van der Waals surface area contributed by atoms with E-state index in [0.717, 1.165) is 16.7 Å². The minimum absolute atomic E-state index is 0.00189. The minimum atomic E-state index is -1.17. The summed E-state index contributed by atoms with van der Waals surface area (Å²) in [4.78, 5) is 63.8. The molecule has 13 heteroatoms. The number of fused-ring (bicyclic) bond motifs is 1. The Morgan fingerprint density at radius 3 is 1.98 bits per heavy atom. The predicted octanol–water partition coefficient (Wildman–Crippen LogP) is 6.32. The second-order valence-electron chi connectivity index (χ2n) is 13.4. The fraction of sp³-hybridized carbons (Fsp3) is 0.357. The van der Waals surface area contributed by atoms with E-state index in [1.54, 1.807) is 39.6 Å². The Kier molecular flexibility index (Phi) is 13.8. The first-order chi connectivity index (χ1) is 26.6. The third-order valence-corrected chi connectivity index (χ3v) is 9.17. The van der Waals surface area contributed by atoms with Gasteiger partial charge in [0.1, 0.15) is 28.4 Å². The van der Waals surface area contributed by atoms with Gasteiger partial charge in [0, 0.05) is 31.1 Å². The average molecular weight is 750 g/mol. The number of methoxy groups -OCH3 is 2. The normalized spacial score (nSPS) is 12.0. The molecule has 0 radical (unpaired) electrons. The van der Waals surface area contributed by atoms with Crippen LogP contribution in [0.25, 0.3) is 11.2 Å². The van der Waals surface area contributed by atoms with Gasteiger partial charge in [-0.05, 0) is 41.0 Å². The summed E-state index contributed by atoms with van der Waals surface area (Å²) < 4.78 is 25.3. The van der Waals surface area contributed by atoms with Crippen LogP contribution in [0, 0.1) is 11.8 Å². The summed E-state index contributed by atoms with van der Waals surface area (Å²) in [5.74, 6) is -0.439. The molecular formula is C42H47N5O8. The highest BCUT2D eigenvalue weighted by atomic mass is 16.5. The summed E-state index contributed by atoms with van der Waals surface area (Å²) in [6.45, 7) is 5.04. The van der Waals surface area contributed by atoms with Crippen molar-refractivity contribution in [2.75, 3.05) is 32.8 Å². The van der Waals surface area contributed by atoms with E-state index in [-0.39, 0.29) is 68.4 Å². The Balaban J connectivity index is 1.47. The van der Waals surface area contributed by atoms with Crippen LogP contribution in [-0.4, -0.2) is 70.4 Å². The summed E-state index contributed by atoms with van der Waals surface area (Å²) in [6, 6.07) is 24.9. The predicted molar refractivity (Wildman–Crippen MR) is 206 cm³/mol. The molecular weight excluding hydrogens is 702 g/mol. The molecule has 0 aliphatic carbocycles. The second-order valence-corrected chi connectivity index (χ2v) is 13.4. The molecule has 5 aromatic rings. The zero-order chi connectivity index (χ0) is 39.4. The van der Waals surface area contributed by atoms with Gasteiger partial charge in [0.15, 0.2) is 11.4 Å². The number of carbonyl (C=O) groups excluding carboxylic acids is 4. The highest BCUT2D eigenvalue weighted by Crippen LogP contribution is 2.42. The molecule has 288 valence electrons. The molecule has 1 atom stereocenters. The van der Waals surface area contributed by atoms with Crippen LogP contribution in [0.1, 0.15) is 63.1 Å². The second kappa shape index (κ2) is 18.9. The molecule has 0 aliphatic rings. The molecule has 0 fully saturated rings. The van der Waals surface area contributed by atoms with Gasteiger partial charge in [0.05, 0.1) is 52.9 Å². The summed E-state index contributed by atoms with van der Waals surface area (Å²) in [6.07, 6.45) is 3.30. The lowest BCUT2D eigenvalue weighted by molar-refractivity contribution is -0.148. The number of ketones is 2. The van der Waals surface area contributed by atoms with Crippen LogP contribution in [-0.2, 0) is 40.8 Å². The van der Waals surface area contributed by atoms with Crippen LogP contribution in [0.3, 0.4) is 0 Å². The van der Waals surface area contributed by atoms with Crippen molar-refractivity contribution in [3.8, 4) is 11.5 Å². The Hall–Kier alpha value is -5.95. The van der Waals surface area contributed by atoms with Crippen LogP contribution in [0.4, 0.5) is 5.95 Å². The fourth-order valence-electron chi connectivity index (χ4n) is 6.05. The van der Waals surface area contributed by atoms with Gasteiger partial charge in [0.2, 0.25) is 11.9 Å². The van der Waals surface area contributed by atoms with Gasteiger partial charge in [-0.3, -0.25) is 24.5 Å². The Morgan fingerprint density at radius 2 is 1.40 bits per heavy atom. The minimum Gasteiger partial charge on any atom is -0.497 e. The number of imidazole rings is 1. The van der Waals surface area contributed by atoms with E-state index in [4.69, 9.17) is 18.9 Å². The SMILES string of the molecule is CCC(=O)CCC(=O)OC[C@H](COC(c1ccccc1)(c1ccc(OC)cc1)c1ccc(OC)cc1)CC(=O)Cn1cnc2cnc(NC(=O)C(C)C)nc21. The number of carbonyl (C=O) groups is 4. The Morgan fingerprint density at radius 1 is 0.782 bits per heavy atom. The molecule has 0 spiro atoms. The van der Waals surface area contributed by atoms with Crippen LogP contribution < -0.4 is 14.8 Å². The molecule has 3 aromatic carbocycles. The molecule has 2 heterocycles. The number of amides is 1. The van der Waals surface area contributed by atoms with Crippen molar-refractivity contribution in [3.63, 3.8) is 0 Å². The molecule has 0 saturated heterocycles. The van der Waals surface area contributed by atoms with E-state index in [0.29, 0.717) is 29.1 Å². The molecule has 5 rings (SSSR count). The zero-order valence-electron chi connectivity index (χ0n) is 31.8. The Labute approximate surface area is 320 Å². The summed E-state index contributed by atoms with van der Waals surface area (Å²) in [5, 5.41) is 2.68. The number of rotatable bonds is 20. The average Bonchev–Trinajstić information content (AvgIpc) is 3.60. The standard InChI is InChI=1S/C42H47N5O8/c1-6-33(48)16-21-38(50)54-25-29(22-34(49)24-47-27-44-37-23-43-41(45-39(37)47)46-40(51)28(2)3)26-55-42(30-10-8-7-9-11-30,31-12-17-35(52-4)18-13-31)32-14-19-36(53-5)20-15-32/h7-15,17-20,23,27-29H,6,16,21-22,24-26H2,1-5H3,(H,43,45,46,51)/t29-/m1/s1. The number of Topliss-reactive ketones (excluding diaryl/α,β-unsaturated/α-hetero) is 2. The molecule has 2 aromatic heterocycles. The number of hydrogen-bond donors (Lipinski definition) is 1. The number of hydrogen-bond acceptors (Lipinski definition) is 11. The number of ether oxygens (including phenoxy) is 4. The number of benzene rings is 3. The maximum Gasteiger partial charge on any atom is 0.306 e. The Bertz CT molecular complexity index is 2020. The molecule has 55 heavy (non-hydrogen) atoms. The van der Waals surface area contributed by atoms with Crippen molar-refractivity contribution in [2.24, 2.45) is 11.8 Å². The van der Waals surface area contributed by atoms with Crippen molar-refractivity contribution in [3.05, 3.63) is 108 Å². The van der Waals surface area contributed by atoms with E-state index < -0.39 is 17.5 Å². The number of aromatic nitrogens is 4. The van der Waals surface area contributed by atoms with Crippen LogP contribution in [0.2, 0.25) is 0 Å². The van der Waals surface area contributed by atoms with E-state index >= 15 is 0 Å². The van der Waals surface area contributed by atoms with E-state index in [2.05, 4.69) is 20.3 Å². The molecule has 0 saturated carbocycles. The zero-order valence-corrected chi connectivity index (χ0v) is 31.8. The van der Waals surface area contributed by atoms with Crippen LogP contribution in [0.15, 0.2) is 91.4 Å². The van der Waals surface area contributed by atoms with Crippen molar-refractivity contribution < 1.29 is 38.1 Å². The number of nitrogens with zero attached hydrogens (tertiary/aromatic N) is 4.